The summed E-state index contributed by atoms with van der Waals surface area (Å²) in [6, 6.07) is 6.82. The standard InChI is InChI=1S/C20H31NO3/c1-15(2)16-5-3-6-17-18(7-4-10-24-19(16)17)21-13-20(14-22)8-11-23-12-9-20/h3,5-6,15,18,21-22H,4,7-14H2,1-2H3. The summed E-state index contributed by atoms with van der Waals surface area (Å²) >= 11 is 0. The molecule has 1 aromatic carbocycles. The molecule has 1 saturated heterocycles. The van der Waals surface area contributed by atoms with Crippen molar-refractivity contribution >= 4 is 0 Å². The van der Waals surface area contributed by atoms with Crippen LogP contribution in [-0.4, -0.2) is 38.1 Å². The highest BCUT2D eigenvalue weighted by Gasteiger charge is 2.33. The predicted octanol–water partition coefficient (Wildman–Crippen LogP) is 3.40. The maximum absolute atomic E-state index is 9.92. The lowest BCUT2D eigenvalue weighted by molar-refractivity contribution is -0.0166. The van der Waals surface area contributed by atoms with Gasteiger partial charge in [0.15, 0.2) is 0 Å². The second kappa shape index (κ2) is 7.85. The van der Waals surface area contributed by atoms with Gasteiger partial charge < -0.3 is 19.9 Å². The van der Waals surface area contributed by atoms with Crippen molar-refractivity contribution in [1.29, 1.82) is 0 Å². The van der Waals surface area contributed by atoms with E-state index in [1.807, 2.05) is 0 Å². The molecule has 2 aliphatic heterocycles. The SMILES string of the molecule is CC(C)c1cccc2c1OCCCC2NCC1(CO)CCOCC1. The maximum Gasteiger partial charge on any atom is 0.127 e. The van der Waals surface area contributed by atoms with Crippen LogP contribution in [0.25, 0.3) is 0 Å². The Kier molecular flexibility index (Phi) is 5.80. The molecule has 0 aliphatic carbocycles. The van der Waals surface area contributed by atoms with E-state index in [0.29, 0.717) is 12.0 Å². The van der Waals surface area contributed by atoms with E-state index in [2.05, 4.69) is 37.4 Å². The molecule has 1 fully saturated rings. The molecule has 0 spiro atoms. The Morgan fingerprint density at radius 2 is 2.04 bits per heavy atom. The summed E-state index contributed by atoms with van der Waals surface area (Å²) < 4.78 is 11.6. The van der Waals surface area contributed by atoms with Crippen LogP contribution in [-0.2, 0) is 4.74 Å². The highest BCUT2D eigenvalue weighted by Crippen LogP contribution is 2.38. The number of hydrogen-bond donors (Lipinski definition) is 2. The molecule has 2 N–H and O–H groups in total. The van der Waals surface area contributed by atoms with Crippen LogP contribution in [0.1, 0.15) is 62.6 Å². The van der Waals surface area contributed by atoms with Gasteiger partial charge in [-0.05, 0) is 37.2 Å². The second-order valence-electron chi connectivity index (χ2n) is 7.61. The molecule has 0 saturated carbocycles. The zero-order chi connectivity index (χ0) is 17.0. The number of ether oxygens (including phenoxy) is 2. The Balaban J connectivity index is 1.78. The normalized spacial score (nSPS) is 23.4. The largest absolute Gasteiger partial charge is 0.493 e. The molecule has 2 heterocycles. The molecule has 1 atom stereocenters. The molecule has 4 heteroatoms. The summed E-state index contributed by atoms with van der Waals surface area (Å²) in [5.41, 5.74) is 2.53. The number of hydrogen-bond acceptors (Lipinski definition) is 4. The number of benzene rings is 1. The minimum absolute atomic E-state index is 0.0404. The number of aliphatic hydroxyl groups is 1. The first-order chi connectivity index (χ1) is 11.7. The van der Waals surface area contributed by atoms with Crippen LogP contribution in [0.4, 0.5) is 0 Å². The summed E-state index contributed by atoms with van der Waals surface area (Å²) in [7, 11) is 0. The topological polar surface area (TPSA) is 50.7 Å². The minimum Gasteiger partial charge on any atom is -0.493 e. The molecule has 0 radical (unpaired) electrons. The van der Waals surface area contributed by atoms with Crippen molar-refractivity contribution in [2.45, 2.75) is 51.5 Å². The molecule has 1 unspecified atom stereocenters. The van der Waals surface area contributed by atoms with Crippen LogP contribution >= 0.6 is 0 Å². The third-order valence-electron chi connectivity index (χ3n) is 5.57. The molecule has 4 nitrogen and oxygen atoms in total. The van der Waals surface area contributed by atoms with Crippen LogP contribution in [0.15, 0.2) is 18.2 Å². The van der Waals surface area contributed by atoms with Gasteiger partial charge in [0.2, 0.25) is 0 Å². The van der Waals surface area contributed by atoms with E-state index in [1.54, 1.807) is 0 Å². The minimum atomic E-state index is -0.0404. The Morgan fingerprint density at radius 1 is 1.25 bits per heavy atom. The number of para-hydroxylation sites is 1. The van der Waals surface area contributed by atoms with Crippen molar-refractivity contribution in [3.8, 4) is 5.75 Å². The van der Waals surface area contributed by atoms with Crippen molar-refractivity contribution in [3.05, 3.63) is 29.3 Å². The quantitative estimate of drug-likeness (QED) is 0.867. The monoisotopic (exact) mass is 333 g/mol. The maximum atomic E-state index is 9.92. The van der Waals surface area contributed by atoms with Gasteiger partial charge in [-0.2, -0.15) is 0 Å². The predicted molar refractivity (Wildman–Crippen MR) is 95.6 cm³/mol. The molecular weight excluding hydrogens is 302 g/mol. The van der Waals surface area contributed by atoms with Gasteiger partial charge in [-0.1, -0.05) is 32.0 Å². The number of fused-ring (bicyclic) bond motifs is 1. The lowest BCUT2D eigenvalue weighted by Crippen LogP contribution is -2.43. The van der Waals surface area contributed by atoms with Crippen molar-refractivity contribution in [2.75, 3.05) is 33.0 Å². The van der Waals surface area contributed by atoms with Crippen LogP contribution in [0.5, 0.6) is 5.75 Å². The lowest BCUT2D eigenvalue weighted by atomic mass is 9.80. The Hall–Kier alpha value is -1.10. The van der Waals surface area contributed by atoms with Crippen LogP contribution in [0.3, 0.4) is 0 Å². The van der Waals surface area contributed by atoms with E-state index in [1.165, 1.54) is 11.1 Å². The summed E-state index contributed by atoms with van der Waals surface area (Å²) in [6.07, 6.45) is 3.99. The zero-order valence-electron chi connectivity index (χ0n) is 15.0. The molecular formula is C20H31NO3. The van der Waals surface area contributed by atoms with Crippen LogP contribution < -0.4 is 10.1 Å². The number of rotatable bonds is 5. The summed E-state index contributed by atoms with van der Waals surface area (Å²) in [5, 5.41) is 13.7. The molecule has 3 rings (SSSR count). The lowest BCUT2D eigenvalue weighted by Gasteiger charge is -2.37. The van der Waals surface area contributed by atoms with Crippen LogP contribution in [0, 0.1) is 5.41 Å². The molecule has 0 bridgehead atoms. The van der Waals surface area contributed by atoms with E-state index in [-0.39, 0.29) is 12.0 Å². The smallest absolute Gasteiger partial charge is 0.127 e. The first kappa shape index (κ1) is 17.7. The molecule has 0 aromatic heterocycles. The molecule has 2 aliphatic rings. The van der Waals surface area contributed by atoms with Crippen molar-refractivity contribution in [3.63, 3.8) is 0 Å². The highest BCUT2D eigenvalue weighted by atomic mass is 16.5. The van der Waals surface area contributed by atoms with Gasteiger partial charge in [0.05, 0.1) is 13.2 Å². The first-order valence-electron chi connectivity index (χ1n) is 9.33. The van der Waals surface area contributed by atoms with E-state index >= 15 is 0 Å². The molecule has 0 amide bonds. The highest BCUT2D eigenvalue weighted by molar-refractivity contribution is 5.45. The molecule has 134 valence electrons. The van der Waals surface area contributed by atoms with E-state index in [4.69, 9.17) is 9.47 Å². The second-order valence-corrected chi connectivity index (χ2v) is 7.61. The van der Waals surface area contributed by atoms with E-state index in [0.717, 1.165) is 57.8 Å². The van der Waals surface area contributed by atoms with Gasteiger partial charge in [0.25, 0.3) is 0 Å². The zero-order valence-corrected chi connectivity index (χ0v) is 15.0. The number of nitrogens with one attached hydrogen (secondary N) is 1. The van der Waals surface area contributed by atoms with E-state index in [9.17, 15) is 5.11 Å². The first-order valence-corrected chi connectivity index (χ1v) is 9.33. The Labute approximate surface area is 145 Å². The third-order valence-corrected chi connectivity index (χ3v) is 5.57. The van der Waals surface area contributed by atoms with Gasteiger partial charge in [-0.3, -0.25) is 0 Å². The van der Waals surface area contributed by atoms with Gasteiger partial charge in [0.1, 0.15) is 5.75 Å². The fourth-order valence-corrected chi connectivity index (χ4v) is 3.83. The Morgan fingerprint density at radius 3 is 2.75 bits per heavy atom. The van der Waals surface area contributed by atoms with Crippen molar-refractivity contribution in [2.24, 2.45) is 5.41 Å². The van der Waals surface area contributed by atoms with Gasteiger partial charge in [-0.15, -0.1) is 0 Å². The third kappa shape index (κ3) is 3.76. The fourth-order valence-electron chi connectivity index (χ4n) is 3.83. The van der Waals surface area contributed by atoms with Gasteiger partial charge >= 0.3 is 0 Å². The fraction of sp³-hybridized carbons (Fsp3) is 0.700. The summed E-state index contributed by atoms with van der Waals surface area (Å²) in [4.78, 5) is 0. The van der Waals surface area contributed by atoms with Crippen LogP contribution in [0.2, 0.25) is 0 Å². The number of aliphatic hydroxyl groups excluding tert-OH is 1. The van der Waals surface area contributed by atoms with Gasteiger partial charge in [0, 0.05) is 36.8 Å². The summed E-state index contributed by atoms with van der Waals surface area (Å²) in [5.74, 6) is 1.53. The van der Waals surface area contributed by atoms with Crippen molar-refractivity contribution in [1.82, 2.24) is 5.32 Å². The molecule has 1 aromatic rings. The molecule has 24 heavy (non-hydrogen) atoms. The van der Waals surface area contributed by atoms with Crippen molar-refractivity contribution < 1.29 is 14.6 Å². The summed E-state index contributed by atoms with van der Waals surface area (Å²) in [6.45, 7) is 7.79. The Bertz CT molecular complexity index is 538. The average Bonchev–Trinajstić information content (AvgIpc) is 2.82. The van der Waals surface area contributed by atoms with E-state index < -0.39 is 0 Å². The van der Waals surface area contributed by atoms with Gasteiger partial charge in [-0.25, -0.2) is 0 Å². The average molecular weight is 333 g/mol.